The predicted molar refractivity (Wildman–Crippen MR) is 115 cm³/mol. The molecule has 12 heteroatoms. The topological polar surface area (TPSA) is 192 Å². The molecule has 2 aromatic rings. The van der Waals surface area contributed by atoms with E-state index in [0.717, 1.165) is 25.0 Å². The van der Waals surface area contributed by atoms with Crippen LogP contribution in [0.4, 0.5) is 11.4 Å². The van der Waals surface area contributed by atoms with Crippen LogP contribution >= 0.6 is 0 Å². The molecule has 2 aromatic carbocycles. The van der Waals surface area contributed by atoms with Crippen molar-refractivity contribution in [2.24, 2.45) is 10.2 Å². The smallest absolute Gasteiger partial charge is 0.744 e. The molecule has 0 bridgehead atoms. The minimum atomic E-state index is -4.51. The molecule has 3 rings (SSSR count). The third kappa shape index (κ3) is 8.07. The molecule has 0 heterocycles. The van der Waals surface area contributed by atoms with Crippen molar-refractivity contribution in [3.63, 3.8) is 0 Å². The number of nitrogens with zero attached hydrogens (tertiary/aromatic N) is 2. The summed E-state index contributed by atoms with van der Waals surface area (Å²) in [5, 5.41) is 22.6. The van der Waals surface area contributed by atoms with Gasteiger partial charge in [-0.3, -0.25) is 0 Å². The maximum atomic E-state index is 11.2. The van der Waals surface area contributed by atoms with Crippen molar-refractivity contribution in [2.45, 2.75) is 49.6 Å². The number of azo groups is 1. The average molecular weight is 645 g/mol. The van der Waals surface area contributed by atoms with Crippen LogP contribution in [0.15, 0.2) is 51.5 Å². The number of rotatable bonds is 4. The molecule has 10 nitrogen and oxygen atoms in total. The van der Waals surface area contributed by atoms with Crippen LogP contribution in [0.3, 0.4) is 0 Å². The fourth-order valence-corrected chi connectivity index (χ4v) is 3.40. The van der Waals surface area contributed by atoms with Gasteiger partial charge in [-0.25, -0.2) is 8.42 Å². The van der Waals surface area contributed by atoms with Crippen LogP contribution in [0, 0.1) is 6.92 Å². The summed E-state index contributed by atoms with van der Waals surface area (Å²) in [4.78, 5) is 10.8. The number of carbonyl (C=O) groups excluding carboxylic acids is 1. The van der Waals surface area contributed by atoms with Gasteiger partial charge in [0.1, 0.15) is 10.1 Å². The van der Waals surface area contributed by atoms with Gasteiger partial charge in [-0.2, -0.15) is 22.3 Å². The molecule has 1 saturated carbocycles. The first-order chi connectivity index (χ1) is 14.5. The third-order valence-corrected chi connectivity index (χ3v) is 5.59. The van der Waals surface area contributed by atoms with Gasteiger partial charge in [0, 0.05) is 10.4 Å². The summed E-state index contributed by atoms with van der Waals surface area (Å²) in [5.74, 6) is -1.02. The normalized spacial score (nSPS) is 18.4. The first-order valence-corrected chi connectivity index (χ1v) is 10.9. The van der Waals surface area contributed by atoms with E-state index >= 15 is 0 Å². The number of benzene rings is 2. The Morgan fingerprint density at radius 2 is 1.53 bits per heavy atom. The molecule has 0 radical (unpaired) electrons. The van der Waals surface area contributed by atoms with E-state index < -0.39 is 16.1 Å². The molecule has 0 amide bonds. The Bertz CT molecular complexity index is 1050. The summed E-state index contributed by atoms with van der Waals surface area (Å²) in [6, 6.07) is 7.53. The van der Waals surface area contributed by atoms with Crippen LogP contribution in [0.1, 0.15) is 41.6 Å². The van der Waals surface area contributed by atoms with E-state index in [1.165, 1.54) is 37.1 Å². The van der Waals surface area contributed by atoms with Crippen molar-refractivity contribution in [3.05, 3.63) is 59.0 Å². The van der Waals surface area contributed by atoms with Crippen LogP contribution in [-0.2, 0) is 31.2 Å². The minimum absolute atomic E-state index is 0. The Kier molecular flexibility index (Phi) is 10.6. The molecule has 2 atom stereocenters. The minimum Gasteiger partial charge on any atom is -0.744 e. The van der Waals surface area contributed by atoms with Crippen LogP contribution in [-0.4, -0.2) is 41.2 Å². The number of carbonyl (C=O) groups is 1. The first kappa shape index (κ1) is 27.9. The Hall–Kier alpha value is -2.17. The van der Waals surface area contributed by atoms with Crippen LogP contribution in [0.25, 0.3) is 11.5 Å². The maximum Gasteiger partial charge on any atom is 4.00 e. The molecule has 1 fully saturated rings. The van der Waals surface area contributed by atoms with Gasteiger partial charge in [0.25, 0.3) is 5.75 Å². The summed E-state index contributed by atoms with van der Waals surface area (Å²) in [7, 11) is -4.51. The predicted octanol–water partition coefficient (Wildman–Crippen LogP) is 4.02. The molecule has 0 spiro atoms. The zero-order valence-corrected chi connectivity index (χ0v) is 20.3. The Morgan fingerprint density at radius 3 is 1.97 bits per heavy atom. The van der Waals surface area contributed by atoms with Crippen molar-refractivity contribution in [2.75, 3.05) is 0 Å². The standard InChI is InChI=1S/C14H12N2O6S.C6H12N2.Pt/c1-8-6-10(7-12(13(8)17)14(18)19)16-15-9-2-4-11(5-3-9)23(20,21)22;7-5-3-1-2-4-6(5)8;/h2-7,17H,1H3,(H,18,19)(H,20,21,22);5-8H,1-4H2;/q;-2;+4/p+1. The van der Waals surface area contributed by atoms with E-state index in [0.29, 0.717) is 11.3 Å². The molecule has 174 valence electrons. The molecule has 2 unspecified atom stereocenters. The second-order valence-corrected chi connectivity index (χ2v) is 8.54. The zero-order valence-electron chi connectivity index (χ0n) is 17.2. The summed E-state index contributed by atoms with van der Waals surface area (Å²) in [6.45, 7) is 1.61. The zero-order chi connectivity index (χ0) is 23.2. The summed E-state index contributed by atoms with van der Waals surface area (Å²) >= 11 is 0. The SMILES string of the molecule is Cc1cc(N=Nc2ccc(S(=O)(=O)[O-])cc2)cc(C(=O)[OH2+])c1[OH2+].[NH-]C1CCCCC1[NH-].[Pt+4]. The van der Waals surface area contributed by atoms with E-state index in [9.17, 15) is 17.8 Å². The maximum absolute atomic E-state index is 11.2. The number of nitrogens with one attached hydrogen (secondary N) is 2. The number of hydrogen-bond acceptors (Lipinski definition) is 6. The van der Waals surface area contributed by atoms with Crippen LogP contribution in [0.2, 0.25) is 0 Å². The van der Waals surface area contributed by atoms with Gasteiger partial charge >= 0.3 is 27.0 Å². The Balaban J connectivity index is 0.000000480. The Labute approximate surface area is 200 Å². The van der Waals surface area contributed by atoms with Crippen molar-refractivity contribution in [3.8, 4) is 5.75 Å². The number of hydrogen-bond donors (Lipinski definition) is 0. The molecule has 1 aliphatic rings. The van der Waals surface area contributed by atoms with Gasteiger partial charge in [0.05, 0.1) is 16.3 Å². The average Bonchev–Trinajstić information content (AvgIpc) is 2.71. The van der Waals surface area contributed by atoms with Gasteiger partial charge < -0.3 is 26.2 Å². The second kappa shape index (κ2) is 12.2. The van der Waals surface area contributed by atoms with Crippen molar-refractivity contribution >= 4 is 27.5 Å². The summed E-state index contributed by atoms with van der Waals surface area (Å²) in [5.41, 5.74) is 15.6. The van der Waals surface area contributed by atoms with Crippen molar-refractivity contribution in [1.29, 1.82) is 0 Å². The van der Waals surface area contributed by atoms with Crippen molar-refractivity contribution < 1.29 is 49.0 Å². The second-order valence-electron chi connectivity index (χ2n) is 7.16. The third-order valence-electron chi connectivity index (χ3n) is 4.74. The van der Waals surface area contributed by atoms with Gasteiger partial charge in [-0.05, 0) is 43.3 Å². The molecule has 0 aliphatic heterocycles. The van der Waals surface area contributed by atoms with E-state index in [1.807, 2.05) is 0 Å². The van der Waals surface area contributed by atoms with Crippen molar-refractivity contribution in [1.82, 2.24) is 0 Å². The molecule has 1 aliphatic carbocycles. The quantitative estimate of drug-likeness (QED) is 0.276. The Morgan fingerprint density at radius 1 is 1.03 bits per heavy atom. The largest absolute Gasteiger partial charge is 4.00 e. The molecular formula is C20H25N4O6PtS+3. The molecule has 0 aromatic heterocycles. The number of aryl methyl sites for hydroxylation is 1. The summed E-state index contributed by atoms with van der Waals surface area (Å²) in [6.07, 6.45) is 4.25. The van der Waals surface area contributed by atoms with E-state index in [-0.39, 0.29) is 55.0 Å². The van der Waals surface area contributed by atoms with Gasteiger partial charge in [-0.1, -0.05) is 25.7 Å². The fraction of sp³-hybridized carbons (Fsp3) is 0.350. The van der Waals surface area contributed by atoms with Crippen LogP contribution < -0.4 is 0 Å². The van der Waals surface area contributed by atoms with E-state index in [1.54, 1.807) is 6.92 Å². The van der Waals surface area contributed by atoms with E-state index in [4.69, 9.17) is 21.7 Å². The molecule has 32 heavy (non-hydrogen) atoms. The monoisotopic (exact) mass is 644 g/mol. The van der Waals surface area contributed by atoms with Crippen LogP contribution in [0.5, 0.6) is 5.75 Å². The summed E-state index contributed by atoms with van der Waals surface area (Å²) < 4.78 is 32.5. The van der Waals surface area contributed by atoms with E-state index in [2.05, 4.69) is 10.2 Å². The molecule has 6 N–H and O–H groups in total. The first-order valence-electron chi connectivity index (χ1n) is 9.51. The molecular weight excluding hydrogens is 619 g/mol. The van der Waals surface area contributed by atoms with Gasteiger partial charge in [-0.15, -0.1) is 0 Å². The van der Waals surface area contributed by atoms with Gasteiger partial charge in [0.15, 0.2) is 0 Å². The fourth-order valence-electron chi connectivity index (χ4n) is 2.93. The van der Waals surface area contributed by atoms with Gasteiger partial charge in [0.2, 0.25) is 5.56 Å². The molecule has 0 saturated heterocycles.